The third kappa shape index (κ3) is 5.28. The summed E-state index contributed by atoms with van der Waals surface area (Å²) in [5, 5.41) is 5.06. The first-order chi connectivity index (χ1) is 18.4. The van der Waals surface area contributed by atoms with Gasteiger partial charge in [-0.05, 0) is 70.4 Å². The van der Waals surface area contributed by atoms with Gasteiger partial charge in [0.2, 0.25) is 6.79 Å². The van der Waals surface area contributed by atoms with Crippen LogP contribution in [0.5, 0.6) is 23.0 Å². The van der Waals surface area contributed by atoms with E-state index >= 15 is 0 Å². The van der Waals surface area contributed by atoms with E-state index in [0.717, 1.165) is 26.7 Å². The molecule has 4 aromatic rings. The molecule has 0 bridgehead atoms. The topological polar surface area (TPSA) is 84.2 Å². The van der Waals surface area contributed by atoms with Crippen molar-refractivity contribution in [3.8, 4) is 23.0 Å². The molecular formula is C28H25Br2N3O5. The lowest BCUT2D eigenvalue weighted by Gasteiger charge is -2.15. The van der Waals surface area contributed by atoms with Gasteiger partial charge in [0.15, 0.2) is 23.0 Å². The molecule has 3 aromatic carbocycles. The van der Waals surface area contributed by atoms with Crippen LogP contribution in [0.1, 0.15) is 43.1 Å². The summed E-state index contributed by atoms with van der Waals surface area (Å²) in [6, 6.07) is 14.8. The molecule has 0 unspecified atom stereocenters. The maximum absolute atomic E-state index is 13.4. The fraction of sp³-hybridized carbons (Fsp3) is 0.250. The number of methoxy groups -OCH3 is 1. The Morgan fingerprint density at radius 2 is 1.92 bits per heavy atom. The van der Waals surface area contributed by atoms with Crippen LogP contribution >= 0.6 is 31.9 Å². The number of hydrogen-bond donors (Lipinski definition) is 0. The van der Waals surface area contributed by atoms with Gasteiger partial charge in [0.25, 0.3) is 5.56 Å². The average molecular weight is 643 g/mol. The highest BCUT2D eigenvalue weighted by Crippen LogP contribution is 2.35. The minimum Gasteiger partial charge on any atom is -0.493 e. The molecule has 5 rings (SSSR count). The van der Waals surface area contributed by atoms with Gasteiger partial charge in [-0.2, -0.15) is 9.78 Å². The quantitative estimate of drug-likeness (QED) is 0.201. The van der Waals surface area contributed by atoms with Crippen LogP contribution in [-0.2, 0) is 6.61 Å². The number of halogens is 2. The van der Waals surface area contributed by atoms with Crippen molar-refractivity contribution < 1.29 is 18.9 Å². The fourth-order valence-electron chi connectivity index (χ4n) is 4.01. The lowest BCUT2D eigenvalue weighted by atomic mass is 10.1. The highest BCUT2D eigenvalue weighted by molar-refractivity contribution is 9.10. The molecule has 1 aliphatic heterocycles. The summed E-state index contributed by atoms with van der Waals surface area (Å²) in [5.41, 5.74) is 2.07. The summed E-state index contributed by atoms with van der Waals surface area (Å²) in [5.74, 6) is 3.17. The van der Waals surface area contributed by atoms with Crippen LogP contribution in [0, 0.1) is 0 Å². The van der Waals surface area contributed by atoms with Gasteiger partial charge in [-0.15, -0.1) is 0 Å². The van der Waals surface area contributed by atoms with E-state index < -0.39 is 0 Å². The third-order valence-corrected chi connectivity index (χ3v) is 7.49. The Hall–Kier alpha value is -3.37. The van der Waals surface area contributed by atoms with Gasteiger partial charge in [-0.25, -0.2) is 4.98 Å². The van der Waals surface area contributed by atoms with Gasteiger partial charge in [0, 0.05) is 20.4 Å². The van der Waals surface area contributed by atoms with Crippen LogP contribution in [0.2, 0.25) is 0 Å². The highest BCUT2D eigenvalue weighted by Gasteiger charge is 2.17. The fourth-order valence-corrected chi connectivity index (χ4v) is 4.80. The van der Waals surface area contributed by atoms with E-state index in [2.05, 4.69) is 43.9 Å². The van der Waals surface area contributed by atoms with Gasteiger partial charge in [-0.1, -0.05) is 35.8 Å². The maximum Gasteiger partial charge on any atom is 0.282 e. The molecule has 0 N–H and O–H groups in total. The second-order valence-electron chi connectivity index (χ2n) is 8.80. The Morgan fingerprint density at radius 1 is 1.11 bits per heavy atom. The predicted molar refractivity (Wildman–Crippen MR) is 153 cm³/mol. The normalized spacial score (nSPS) is 13.3. The van der Waals surface area contributed by atoms with Gasteiger partial charge in [0.1, 0.15) is 12.4 Å². The molecule has 0 radical (unpaired) electrons. The largest absolute Gasteiger partial charge is 0.493 e. The van der Waals surface area contributed by atoms with Crippen molar-refractivity contribution in [3.05, 3.63) is 84.8 Å². The van der Waals surface area contributed by atoms with Crippen molar-refractivity contribution in [3.63, 3.8) is 0 Å². The molecule has 0 amide bonds. The molecule has 10 heteroatoms. The Kier molecular flexibility index (Phi) is 7.71. The zero-order valence-corrected chi connectivity index (χ0v) is 24.2. The van der Waals surface area contributed by atoms with E-state index in [-0.39, 0.29) is 18.3 Å². The van der Waals surface area contributed by atoms with E-state index in [1.807, 2.05) is 49.4 Å². The van der Waals surface area contributed by atoms with Gasteiger partial charge < -0.3 is 18.9 Å². The molecule has 1 aromatic heterocycles. The van der Waals surface area contributed by atoms with Crippen LogP contribution in [0.3, 0.4) is 0 Å². The van der Waals surface area contributed by atoms with Crippen molar-refractivity contribution in [1.82, 2.24) is 9.66 Å². The summed E-state index contributed by atoms with van der Waals surface area (Å²) >= 11 is 7.05. The van der Waals surface area contributed by atoms with Crippen molar-refractivity contribution >= 4 is 49.0 Å². The molecule has 0 fully saturated rings. The first kappa shape index (κ1) is 26.2. The lowest BCUT2D eigenvalue weighted by Crippen LogP contribution is -2.23. The SMILES string of the molecule is CC[C@@H](C)c1nc2ccc(Br)cc2c(=O)n1N=Cc1cc(OC)c(OCc2ccc3c(c2)OCO3)cc1Br. The van der Waals surface area contributed by atoms with Crippen molar-refractivity contribution in [2.45, 2.75) is 32.8 Å². The summed E-state index contributed by atoms with van der Waals surface area (Å²) in [6.45, 7) is 4.63. The van der Waals surface area contributed by atoms with Crippen molar-refractivity contribution in [2.24, 2.45) is 5.10 Å². The van der Waals surface area contributed by atoms with Gasteiger partial charge >= 0.3 is 0 Å². The zero-order valence-electron chi connectivity index (χ0n) is 21.0. The van der Waals surface area contributed by atoms with E-state index in [1.54, 1.807) is 19.4 Å². The third-order valence-electron chi connectivity index (χ3n) is 6.31. The Morgan fingerprint density at radius 3 is 2.71 bits per heavy atom. The van der Waals surface area contributed by atoms with E-state index in [0.29, 0.717) is 46.1 Å². The Bertz CT molecular complexity index is 1600. The van der Waals surface area contributed by atoms with Crippen molar-refractivity contribution in [1.29, 1.82) is 0 Å². The molecule has 8 nitrogen and oxygen atoms in total. The number of aromatic nitrogens is 2. The minimum absolute atomic E-state index is 0.0397. The highest BCUT2D eigenvalue weighted by atomic mass is 79.9. The van der Waals surface area contributed by atoms with Crippen LogP contribution < -0.4 is 24.5 Å². The van der Waals surface area contributed by atoms with E-state index in [1.165, 1.54) is 4.68 Å². The second kappa shape index (κ2) is 11.2. The number of hydrogen-bond acceptors (Lipinski definition) is 7. The molecule has 0 aliphatic carbocycles. The van der Waals surface area contributed by atoms with Gasteiger partial charge in [-0.3, -0.25) is 4.79 Å². The number of nitrogens with zero attached hydrogens (tertiary/aromatic N) is 3. The zero-order chi connectivity index (χ0) is 26.8. The minimum atomic E-state index is -0.227. The summed E-state index contributed by atoms with van der Waals surface area (Å²) in [6.07, 6.45) is 2.43. The molecule has 38 heavy (non-hydrogen) atoms. The lowest BCUT2D eigenvalue weighted by molar-refractivity contribution is 0.174. The monoisotopic (exact) mass is 641 g/mol. The maximum atomic E-state index is 13.4. The van der Waals surface area contributed by atoms with Crippen molar-refractivity contribution in [2.75, 3.05) is 13.9 Å². The number of ether oxygens (including phenoxy) is 4. The predicted octanol–water partition coefficient (Wildman–Crippen LogP) is 6.63. The van der Waals surface area contributed by atoms with Crippen LogP contribution in [0.25, 0.3) is 10.9 Å². The molecule has 1 atom stereocenters. The van der Waals surface area contributed by atoms with Crippen LogP contribution in [0.4, 0.5) is 0 Å². The molecular weight excluding hydrogens is 618 g/mol. The Labute approximate surface area is 236 Å². The van der Waals surface area contributed by atoms with Gasteiger partial charge in [0.05, 0.1) is 24.2 Å². The number of benzene rings is 3. The summed E-state index contributed by atoms with van der Waals surface area (Å²) in [7, 11) is 1.58. The molecule has 0 spiro atoms. The molecule has 196 valence electrons. The average Bonchev–Trinajstić information content (AvgIpc) is 3.40. The first-order valence-electron chi connectivity index (χ1n) is 12.0. The molecule has 2 heterocycles. The van der Waals surface area contributed by atoms with Crippen LogP contribution in [-0.4, -0.2) is 29.8 Å². The standard InChI is InChI=1S/C28H25Br2N3O5/c1-4-16(2)27-32-22-7-6-19(29)11-20(22)28(34)33(27)31-13-18-10-24(35-3)26(12-21(18)30)36-14-17-5-8-23-25(9-17)38-15-37-23/h5-13,16H,4,14-15H2,1-3H3/t16-/m1/s1. The number of fused-ring (bicyclic) bond motifs is 2. The molecule has 0 saturated carbocycles. The van der Waals surface area contributed by atoms with Crippen LogP contribution in [0.15, 0.2) is 67.4 Å². The summed E-state index contributed by atoms with van der Waals surface area (Å²) < 4.78 is 25.4. The second-order valence-corrected chi connectivity index (χ2v) is 10.6. The van der Waals surface area contributed by atoms with E-state index in [4.69, 9.17) is 23.9 Å². The van der Waals surface area contributed by atoms with E-state index in [9.17, 15) is 4.79 Å². The summed E-state index contributed by atoms with van der Waals surface area (Å²) in [4.78, 5) is 18.2. The number of rotatable bonds is 8. The smallest absolute Gasteiger partial charge is 0.282 e. The first-order valence-corrected chi connectivity index (χ1v) is 13.6. The molecule has 0 saturated heterocycles. The Balaban J connectivity index is 1.45. The molecule has 1 aliphatic rings.